The van der Waals surface area contributed by atoms with E-state index in [0.717, 1.165) is 4.90 Å². The molecule has 5 nitrogen and oxygen atoms in total. The largest absolute Gasteiger partial charge is 0.435 e. The molecule has 0 unspecified atom stereocenters. The maximum Gasteiger partial charge on any atom is 0.387 e. The van der Waals surface area contributed by atoms with Gasteiger partial charge in [0.2, 0.25) is 11.8 Å². The van der Waals surface area contributed by atoms with E-state index in [1.807, 2.05) is 6.07 Å². The Morgan fingerprint density at radius 3 is 2.72 bits per heavy atom. The van der Waals surface area contributed by atoms with Crippen LogP contribution in [0.3, 0.4) is 0 Å². The van der Waals surface area contributed by atoms with Crippen molar-refractivity contribution in [3.63, 3.8) is 0 Å². The highest BCUT2D eigenvalue weighted by Gasteiger charge is 2.16. The fourth-order valence-electron chi connectivity index (χ4n) is 2.34. The van der Waals surface area contributed by atoms with Crippen molar-refractivity contribution in [2.24, 2.45) is 0 Å². The summed E-state index contributed by atoms with van der Waals surface area (Å²) in [5.74, 6) is 0.0932. The number of ether oxygens (including phenoxy) is 1. The van der Waals surface area contributed by atoms with Crippen LogP contribution in [0.25, 0.3) is 0 Å². The standard InChI is InChI=1S/C17H14F2N2O3S/c18-17(19)24-12-4-1-10(2-5-12)7-15(22)20-11-3-6-14-13(8-11)21-16(23)9-25-14/h1-6,8,17H,7,9H2,(H,20,22)(H,21,23). The average Bonchev–Trinajstić information content (AvgIpc) is 2.55. The van der Waals surface area contributed by atoms with Gasteiger partial charge in [0.05, 0.1) is 17.9 Å². The highest BCUT2D eigenvalue weighted by Crippen LogP contribution is 2.33. The van der Waals surface area contributed by atoms with E-state index in [4.69, 9.17) is 0 Å². The lowest BCUT2D eigenvalue weighted by Gasteiger charge is -2.17. The van der Waals surface area contributed by atoms with Crippen LogP contribution in [0.1, 0.15) is 5.56 Å². The molecule has 0 atom stereocenters. The number of rotatable bonds is 5. The number of thioether (sulfide) groups is 1. The lowest BCUT2D eigenvalue weighted by molar-refractivity contribution is -0.115. The second-order valence-electron chi connectivity index (χ2n) is 5.30. The summed E-state index contributed by atoms with van der Waals surface area (Å²) in [5, 5.41) is 5.51. The Hall–Kier alpha value is -2.61. The maximum absolute atomic E-state index is 12.1. The minimum Gasteiger partial charge on any atom is -0.435 e. The zero-order chi connectivity index (χ0) is 17.8. The van der Waals surface area contributed by atoms with Gasteiger partial charge in [-0.15, -0.1) is 11.8 Å². The van der Waals surface area contributed by atoms with E-state index in [9.17, 15) is 18.4 Å². The highest BCUT2D eigenvalue weighted by molar-refractivity contribution is 8.00. The predicted molar refractivity (Wildman–Crippen MR) is 91.2 cm³/mol. The van der Waals surface area contributed by atoms with Crippen molar-refractivity contribution in [2.45, 2.75) is 17.9 Å². The fourth-order valence-corrected chi connectivity index (χ4v) is 3.13. The molecule has 0 saturated carbocycles. The molecule has 2 amide bonds. The molecule has 0 fully saturated rings. The first-order chi connectivity index (χ1) is 12.0. The van der Waals surface area contributed by atoms with Gasteiger partial charge in [0.1, 0.15) is 5.75 Å². The summed E-state index contributed by atoms with van der Waals surface area (Å²) in [6.45, 7) is -2.88. The molecule has 1 aliphatic rings. The minimum atomic E-state index is -2.88. The van der Waals surface area contributed by atoms with Gasteiger partial charge >= 0.3 is 6.61 Å². The van der Waals surface area contributed by atoms with E-state index in [1.165, 1.54) is 23.9 Å². The van der Waals surface area contributed by atoms with Crippen LogP contribution in [-0.4, -0.2) is 24.2 Å². The van der Waals surface area contributed by atoms with Crippen LogP contribution in [0.2, 0.25) is 0 Å². The fraction of sp³-hybridized carbons (Fsp3) is 0.176. The van der Waals surface area contributed by atoms with Crippen LogP contribution in [0.4, 0.5) is 20.2 Å². The summed E-state index contributed by atoms with van der Waals surface area (Å²) < 4.78 is 28.5. The molecule has 2 aromatic carbocycles. The van der Waals surface area contributed by atoms with Crippen molar-refractivity contribution in [3.05, 3.63) is 48.0 Å². The Bertz CT molecular complexity index is 797. The second-order valence-corrected chi connectivity index (χ2v) is 6.31. The lowest BCUT2D eigenvalue weighted by Crippen LogP contribution is -2.19. The third-order valence-electron chi connectivity index (χ3n) is 3.41. The van der Waals surface area contributed by atoms with Crippen molar-refractivity contribution < 1.29 is 23.1 Å². The molecule has 130 valence electrons. The molecule has 2 N–H and O–H groups in total. The molecular formula is C17H14F2N2O3S. The predicted octanol–water partition coefficient (Wildman–Crippen LogP) is 3.51. The molecule has 3 rings (SSSR count). The molecule has 1 aliphatic heterocycles. The van der Waals surface area contributed by atoms with Gasteiger partial charge in [-0.25, -0.2) is 0 Å². The van der Waals surface area contributed by atoms with Gasteiger partial charge in [0, 0.05) is 10.6 Å². The summed E-state index contributed by atoms with van der Waals surface area (Å²) >= 11 is 1.44. The first-order valence-corrected chi connectivity index (χ1v) is 8.38. The Labute approximate surface area is 146 Å². The van der Waals surface area contributed by atoms with Gasteiger partial charge in [0.15, 0.2) is 0 Å². The molecule has 0 radical (unpaired) electrons. The Morgan fingerprint density at radius 2 is 2.00 bits per heavy atom. The van der Waals surface area contributed by atoms with Gasteiger partial charge in [-0.2, -0.15) is 8.78 Å². The summed E-state index contributed by atoms with van der Waals surface area (Å²) in [6.07, 6.45) is 0.0904. The van der Waals surface area contributed by atoms with Gasteiger partial charge in [-0.05, 0) is 35.9 Å². The zero-order valence-electron chi connectivity index (χ0n) is 12.9. The van der Waals surface area contributed by atoms with Gasteiger partial charge in [0.25, 0.3) is 0 Å². The number of anilines is 2. The molecule has 2 aromatic rings. The first kappa shape index (κ1) is 17.2. The summed E-state index contributed by atoms with van der Waals surface area (Å²) in [7, 11) is 0. The number of fused-ring (bicyclic) bond motifs is 1. The number of hydrogen-bond acceptors (Lipinski definition) is 4. The van der Waals surface area contributed by atoms with E-state index in [0.29, 0.717) is 22.7 Å². The monoisotopic (exact) mass is 364 g/mol. The molecule has 0 spiro atoms. The van der Waals surface area contributed by atoms with Gasteiger partial charge < -0.3 is 15.4 Å². The van der Waals surface area contributed by atoms with Crippen LogP contribution in [0.15, 0.2) is 47.4 Å². The number of nitrogens with one attached hydrogen (secondary N) is 2. The topological polar surface area (TPSA) is 67.4 Å². The van der Waals surface area contributed by atoms with Crippen molar-refractivity contribution in [1.29, 1.82) is 0 Å². The first-order valence-electron chi connectivity index (χ1n) is 7.40. The van der Waals surface area contributed by atoms with Crippen molar-refractivity contribution in [3.8, 4) is 5.75 Å². The molecule has 1 heterocycles. The molecule has 0 aliphatic carbocycles. The van der Waals surface area contributed by atoms with Crippen molar-refractivity contribution >= 4 is 35.0 Å². The van der Waals surface area contributed by atoms with E-state index in [-0.39, 0.29) is 24.0 Å². The third-order valence-corrected chi connectivity index (χ3v) is 4.48. The number of alkyl halides is 2. The van der Waals surface area contributed by atoms with E-state index in [2.05, 4.69) is 15.4 Å². The van der Waals surface area contributed by atoms with E-state index >= 15 is 0 Å². The van der Waals surface area contributed by atoms with Crippen LogP contribution < -0.4 is 15.4 Å². The molecule has 0 aromatic heterocycles. The number of halogens is 2. The molecular weight excluding hydrogens is 350 g/mol. The van der Waals surface area contributed by atoms with Crippen LogP contribution in [0, 0.1) is 0 Å². The Balaban J connectivity index is 1.61. The third kappa shape index (κ3) is 4.69. The molecule has 8 heteroatoms. The Kier molecular flexibility index (Phi) is 5.18. The quantitative estimate of drug-likeness (QED) is 0.852. The summed E-state index contributed by atoms with van der Waals surface area (Å²) in [4.78, 5) is 24.5. The zero-order valence-corrected chi connectivity index (χ0v) is 13.7. The number of carbonyl (C=O) groups excluding carboxylic acids is 2. The normalized spacial score (nSPS) is 13.2. The summed E-state index contributed by atoms with van der Waals surface area (Å²) in [6, 6.07) is 11.2. The Morgan fingerprint density at radius 1 is 1.24 bits per heavy atom. The van der Waals surface area contributed by atoms with Crippen LogP contribution in [-0.2, 0) is 16.0 Å². The van der Waals surface area contributed by atoms with E-state index < -0.39 is 6.61 Å². The number of benzene rings is 2. The van der Waals surface area contributed by atoms with Crippen molar-refractivity contribution in [1.82, 2.24) is 0 Å². The maximum atomic E-state index is 12.1. The molecule has 0 bridgehead atoms. The average molecular weight is 364 g/mol. The second kappa shape index (κ2) is 7.52. The van der Waals surface area contributed by atoms with Crippen LogP contribution >= 0.6 is 11.8 Å². The smallest absolute Gasteiger partial charge is 0.387 e. The lowest BCUT2D eigenvalue weighted by atomic mass is 10.1. The minimum absolute atomic E-state index is 0.0436. The van der Waals surface area contributed by atoms with Gasteiger partial charge in [-0.1, -0.05) is 12.1 Å². The summed E-state index contributed by atoms with van der Waals surface area (Å²) in [5.41, 5.74) is 1.91. The van der Waals surface area contributed by atoms with Crippen LogP contribution in [0.5, 0.6) is 5.75 Å². The SMILES string of the molecule is O=C(Cc1ccc(OC(F)F)cc1)Nc1ccc2c(c1)NC(=O)CS2. The number of amides is 2. The van der Waals surface area contributed by atoms with Crippen molar-refractivity contribution in [2.75, 3.05) is 16.4 Å². The number of carbonyl (C=O) groups is 2. The van der Waals surface area contributed by atoms with Gasteiger partial charge in [-0.3, -0.25) is 9.59 Å². The molecule has 25 heavy (non-hydrogen) atoms. The number of hydrogen-bond donors (Lipinski definition) is 2. The van der Waals surface area contributed by atoms with E-state index in [1.54, 1.807) is 24.3 Å². The molecule has 0 saturated heterocycles. The highest BCUT2D eigenvalue weighted by atomic mass is 32.2.